The summed E-state index contributed by atoms with van der Waals surface area (Å²) in [7, 11) is 0. The van der Waals surface area contributed by atoms with Crippen molar-refractivity contribution in [1.29, 1.82) is 0 Å². The predicted molar refractivity (Wildman–Crippen MR) is 305 cm³/mol. The van der Waals surface area contributed by atoms with Gasteiger partial charge in [0.05, 0.1) is 0 Å². The maximum atomic E-state index is 2.54. The fourth-order valence-corrected chi connectivity index (χ4v) is 13.1. The van der Waals surface area contributed by atoms with Crippen LogP contribution in [0.5, 0.6) is 0 Å². The van der Waals surface area contributed by atoms with Crippen molar-refractivity contribution in [2.75, 3.05) is 4.90 Å². The normalized spacial score (nSPS) is 14.9. The van der Waals surface area contributed by atoms with Gasteiger partial charge in [0.1, 0.15) is 0 Å². The van der Waals surface area contributed by atoms with Gasteiger partial charge in [0.25, 0.3) is 0 Å². The molecule has 0 aliphatic heterocycles. The maximum Gasteiger partial charge on any atom is 0.0465 e. The molecular formula is C71H55N. The predicted octanol–water partition coefficient (Wildman–Crippen LogP) is 19.4. The molecule has 1 heteroatoms. The van der Waals surface area contributed by atoms with Crippen LogP contribution in [0.3, 0.4) is 0 Å². The summed E-state index contributed by atoms with van der Waals surface area (Å²) < 4.78 is 0. The molecule has 0 saturated heterocycles. The molecule has 0 unspecified atom stereocenters. The van der Waals surface area contributed by atoms with Crippen LogP contribution in [0.25, 0.3) is 88.3 Å². The summed E-state index contributed by atoms with van der Waals surface area (Å²) in [6, 6.07) is 84.8. The molecule has 0 radical (unpaired) electrons. The fourth-order valence-electron chi connectivity index (χ4n) is 13.1. The second-order valence-electron chi connectivity index (χ2n) is 22.1. The Hall–Kier alpha value is -8.26. The summed E-state index contributed by atoms with van der Waals surface area (Å²) in [5.41, 5.74) is 26.5. The smallest absolute Gasteiger partial charge is 0.0465 e. The first-order valence-corrected chi connectivity index (χ1v) is 25.7. The van der Waals surface area contributed by atoms with E-state index in [0.29, 0.717) is 0 Å². The van der Waals surface area contributed by atoms with E-state index in [0.717, 1.165) is 17.1 Å². The van der Waals surface area contributed by atoms with Gasteiger partial charge >= 0.3 is 0 Å². The molecule has 0 atom stereocenters. The zero-order chi connectivity index (χ0) is 48.7. The van der Waals surface area contributed by atoms with E-state index in [4.69, 9.17) is 0 Å². The maximum absolute atomic E-state index is 2.54. The van der Waals surface area contributed by atoms with Gasteiger partial charge < -0.3 is 4.90 Å². The molecule has 14 rings (SSSR count). The monoisotopic (exact) mass is 921 g/mol. The van der Waals surface area contributed by atoms with E-state index in [1.807, 2.05) is 0 Å². The summed E-state index contributed by atoms with van der Waals surface area (Å²) >= 11 is 0. The molecule has 11 aromatic rings. The molecule has 11 aromatic carbocycles. The Morgan fingerprint density at radius 3 is 1.01 bits per heavy atom. The van der Waals surface area contributed by atoms with Crippen LogP contribution in [0.1, 0.15) is 74.9 Å². The quantitative estimate of drug-likeness (QED) is 0.150. The summed E-state index contributed by atoms with van der Waals surface area (Å²) in [6.07, 6.45) is 0. The van der Waals surface area contributed by atoms with Crippen LogP contribution in [-0.2, 0) is 16.2 Å². The van der Waals surface area contributed by atoms with Crippen molar-refractivity contribution in [2.45, 2.75) is 57.8 Å². The molecule has 72 heavy (non-hydrogen) atoms. The van der Waals surface area contributed by atoms with Crippen molar-refractivity contribution in [1.82, 2.24) is 0 Å². The van der Waals surface area contributed by atoms with E-state index < -0.39 is 0 Å². The van der Waals surface area contributed by atoms with E-state index in [1.165, 1.54) is 122 Å². The molecule has 0 fully saturated rings. The number of anilines is 3. The lowest BCUT2D eigenvalue weighted by Gasteiger charge is -2.31. The average molecular weight is 922 g/mol. The number of rotatable bonds is 6. The minimum Gasteiger partial charge on any atom is -0.310 e. The largest absolute Gasteiger partial charge is 0.310 e. The van der Waals surface area contributed by atoms with Gasteiger partial charge in [0, 0.05) is 33.3 Å². The van der Waals surface area contributed by atoms with Crippen LogP contribution in [0.4, 0.5) is 17.1 Å². The molecular weight excluding hydrogens is 867 g/mol. The molecule has 344 valence electrons. The van der Waals surface area contributed by atoms with E-state index >= 15 is 0 Å². The molecule has 0 amide bonds. The molecule has 0 heterocycles. The number of hydrogen-bond acceptors (Lipinski definition) is 1. The second kappa shape index (κ2) is 15.4. The molecule has 0 aromatic heterocycles. The van der Waals surface area contributed by atoms with Crippen LogP contribution < -0.4 is 4.90 Å². The number of fused-ring (bicyclic) bond motifs is 12. The minimum absolute atomic E-state index is 0.204. The van der Waals surface area contributed by atoms with Gasteiger partial charge in [0.2, 0.25) is 0 Å². The van der Waals surface area contributed by atoms with Gasteiger partial charge in [-0.1, -0.05) is 205 Å². The summed E-state index contributed by atoms with van der Waals surface area (Å²) in [4.78, 5) is 2.54. The van der Waals surface area contributed by atoms with Crippen LogP contribution in [0.15, 0.2) is 224 Å². The molecule has 3 aliphatic rings. The summed E-state index contributed by atoms with van der Waals surface area (Å²) in [5.74, 6) is 0. The van der Waals surface area contributed by atoms with Gasteiger partial charge in [-0.05, 0) is 182 Å². The van der Waals surface area contributed by atoms with E-state index in [-0.39, 0.29) is 16.2 Å². The Bertz CT molecular complexity index is 3910. The average Bonchev–Trinajstić information content (AvgIpc) is 3.89. The van der Waals surface area contributed by atoms with Crippen molar-refractivity contribution in [3.63, 3.8) is 0 Å². The Balaban J connectivity index is 0.907. The highest BCUT2D eigenvalue weighted by molar-refractivity contribution is 6.14. The van der Waals surface area contributed by atoms with Crippen molar-refractivity contribution in [3.05, 3.63) is 258 Å². The first kappa shape index (κ1) is 42.6. The Kier molecular flexibility index (Phi) is 9.09. The van der Waals surface area contributed by atoms with E-state index in [1.54, 1.807) is 0 Å². The van der Waals surface area contributed by atoms with Crippen molar-refractivity contribution < 1.29 is 0 Å². The van der Waals surface area contributed by atoms with Gasteiger partial charge in [-0.2, -0.15) is 0 Å². The molecule has 0 N–H and O–H groups in total. The van der Waals surface area contributed by atoms with Crippen molar-refractivity contribution in [2.24, 2.45) is 0 Å². The van der Waals surface area contributed by atoms with E-state index in [9.17, 15) is 0 Å². The van der Waals surface area contributed by atoms with Gasteiger partial charge in [-0.25, -0.2) is 0 Å². The topological polar surface area (TPSA) is 3.24 Å². The summed E-state index contributed by atoms with van der Waals surface area (Å²) in [6.45, 7) is 14.5. The molecule has 0 spiro atoms. The van der Waals surface area contributed by atoms with Crippen LogP contribution in [0.2, 0.25) is 0 Å². The molecule has 0 saturated carbocycles. The SMILES string of the molecule is CC1(C)c2cc(-c3ccccc3)ccc2-c2ccc(N(c3ccc4c(c3)C(C)(C)c3cc(-c5ccccc5)ccc3-4)c3ccc4c(c3)C(C)(C)c3cc(-c5cc6ccccc6c6ccccc56)ccc3-4)cc21. The first-order chi connectivity index (χ1) is 34.9. The zero-order valence-corrected chi connectivity index (χ0v) is 41.8. The summed E-state index contributed by atoms with van der Waals surface area (Å²) in [5, 5.41) is 5.15. The van der Waals surface area contributed by atoms with Gasteiger partial charge in [0.15, 0.2) is 0 Å². The van der Waals surface area contributed by atoms with Gasteiger partial charge in [-0.15, -0.1) is 0 Å². The lowest BCUT2D eigenvalue weighted by molar-refractivity contribution is 0.659. The number of hydrogen-bond donors (Lipinski definition) is 0. The Morgan fingerprint density at radius 1 is 0.236 bits per heavy atom. The fraction of sp³-hybridized carbons (Fsp3) is 0.127. The lowest BCUT2D eigenvalue weighted by Crippen LogP contribution is -2.19. The number of nitrogens with zero attached hydrogens (tertiary/aromatic N) is 1. The zero-order valence-electron chi connectivity index (χ0n) is 41.8. The molecule has 3 aliphatic carbocycles. The van der Waals surface area contributed by atoms with Crippen LogP contribution >= 0.6 is 0 Å². The first-order valence-electron chi connectivity index (χ1n) is 25.7. The third kappa shape index (κ3) is 6.20. The minimum atomic E-state index is -0.245. The van der Waals surface area contributed by atoms with Crippen molar-refractivity contribution in [3.8, 4) is 66.8 Å². The Morgan fingerprint density at radius 2 is 0.569 bits per heavy atom. The third-order valence-corrected chi connectivity index (χ3v) is 17.0. The van der Waals surface area contributed by atoms with E-state index in [2.05, 4.69) is 271 Å². The molecule has 1 nitrogen and oxygen atoms in total. The van der Waals surface area contributed by atoms with Crippen LogP contribution in [-0.4, -0.2) is 0 Å². The highest BCUT2D eigenvalue weighted by Gasteiger charge is 2.40. The lowest BCUT2D eigenvalue weighted by atomic mass is 9.80. The highest BCUT2D eigenvalue weighted by Crippen LogP contribution is 2.56. The standard InChI is InChI=1S/C71H55N/c1-69(2)63-38-46(44-17-9-7-10-18-44)25-31-56(63)59-34-28-50(41-66(59)69)72(51-29-35-60-57-32-26-47(45-19-11-8-12-20-45)39-64(57)70(3,4)67(60)42-51)52-30-36-61-58-33-27-49(40-65(58)71(5,6)68(61)43-52)62-37-48-21-13-14-22-53(48)54-23-15-16-24-55(54)62/h7-43H,1-6H3. The van der Waals surface area contributed by atoms with Gasteiger partial charge in [-0.3, -0.25) is 0 Å². The second-order valence-corrected chi connectivity index (χ2v) is 22.1. The Labute approximate surface area is 423 Å². The number of benzene rings is 11. The highest BCUT2D eigenvalue weighted by atomic mass is 15.1. The third-order valence-electron chi connectivity index (χ3n) is 17.0. The molecule has 0 bridgehead atoms. The van der Waals surface area contributed by atoms with Crippen LogP contribution in [0, 0.1) is 0 Å². The van der Waals surface area contributed by atoms with Crippen molar-refractivity contribution >= 4 is 38.6 Å².